The van der Waals surface area contributed by atoms with Gasteiger partial charge in [-0.15, -0.1) is 0 Å². The van der Waals surface area contributed by atoms with Crippen molar-refractivity contribution in [2.75, 3.05) is 4.90 Å². The van der Waals surface area contributed by atoms with Gasteiger partial charge in [0.15, 0.2) is 0 Å². The lowest BCUT2D eigenvalue weighted by atomic mass is 9.63. The molecule has 0 radical (unpaired) electrons. The highest BCUT2D eigenvalue weighted by Crippen LogP contribution is 2.58. The molecule has 3 aliphatic rings. The number of anilines is 3. The van der Waals surface area contributed by atoms with Gasteiger partial charge >= 0.3 is 0 Å². The maximum absolute atomic E-state index is 6.87. The van der Waals surface area contributed by atoms with Crippen LogP contribution in [0.3, 0.4) is 0 Å². The number of fused-ring (bicyclic) bond motifs is 9. The van der Waals surface area contributed by atoms with E-state index >= 15 is 0 Å². The number of hydrogen-bond donors (Lipinski definition) is 0. The zero-order valence-corrected chi connectivity index (χ0v) is 34.9. The molecule has 1 aliphatic heterocycles. The summed E-state index contributed by atoms with van der Waals surface area (Å²) < 4.78 is 6.87. The molecular formula is C59H45NO. The number of hydrogen-bond acceptors (Lipinski definition) is 2. The fourth-order valence-corrected chi connectivity index (χ4v) is 11.2. The second-order valence-corrected chi connectivity index (χ2v) is 18.1. The molecule has 12 rings (SSSR count). The summed E-state index contributed by atoms with van der Waals surface area (Å²) in [4.78, 5) is 2.49. The molecule has 0 aromatic heterocycles. The van der Waals surface area contributed by atoms with Gasteiger partial charge in [-0.3, -0.25) is 0 Å². The first kappa shape index (κ1) is 35.8. The predicted octanol–water partition coefficient (Wildman–Crippen LogP) is 15.4. The molecule has 2 heteroatoms. The molecule has 0 amide bonds. The van der Waals surface area contributed by atoms with Crippen LogP contribution in [0.1, 0.15) is 72.2 Å². The average Bonchev–Trinajstić information content (AvgIpc) is 3.67. The van der Waals surface area contributed by atoms with Gasteiger partial charge in [0.1, 0.15) is 11.5 Å². The second-order valence-electron chi connectivity index (χ2n) is 18.1. The number of nitrogens with zero attached hydrogens (tertiary/aromatic N) is 1. The van der Waals surface area contributed by atoms with Crippen LogP contribution in [0, 0.1) is 0 Å². The molecule has 0 saturated carbocycles. The Kier molecular flexibility index (Phi) is 7.57. The Bertz CT molecular complexity index is 3140. The van der Waals surface area contributed by atoms with Gasteiger partial charge in [0, 0.05) is 39.0 Å². The van der Waals surface area contributed by atoms with Crippen LogP contribution in [0.15, 0.2) is 200 Å². The van der Waals surface area contributed by atoms with Crippen molar-refractivity contribution in [3.8, 4) is 33.8 Å². The van der Waals surface area contributed by atoms with E-state index in [1.165, 1.54) is 61.0 Å². The van der Waals surface area contributed by atoms with Gasteiger partial charge in [0.05, 0.1) is 5.41 Å². The minimum Gasteiger partial charge on any atom is -0.457 e. The Morgan fingerprint density at radius 2 is 0.820 bits per heavy atom. The molecule has 0 spiro atoms. The lowest BCUT2D eigenvalue weighted by molar-refractivity contribution is 0.435. The summed E-state index contributed by atoms with van der Waals surface area (Å²) in [5.74, 6) is 1.75. The first-order valence-corrected chi connectivity index (χ1v) is 21.5. The highest BCUT2D eigenvalue weighted by Gasteiger charge is 2.46. The molecule has 1 heterocycles. The molecule has 0 bridgehead atoms. The maximum Gasteiger partial charge on any atom is 0.132 e. The fourth-order valence-electron chi connectivity index (χ4n) is 11.2. The molecule has 1 unspecified atom stereocenters. The molecule has 61 heavy (non-hydrogen) atoms. The number of ether oxygens (including phenoxy) is 1. The molecule has 2 nitrogen and oxygen atoms in total. The van der Waals surface area contributed by atoms with Crippen molar-refractivity contribution in [3.05, 3.63) is 245 Å². The SMILES string of the molecule is CC1(C)c2ccccc2-c2ccc(N(c3cccc(C4(c5ccccc5)c5ccccc5Oc5cc6ccccc6cc54)c3)c3ccc4c(c3)C(C)(C)c3ccccc3-4)cc21. The van der Waals surface area contributed by atoms with Crippen molar-refractivity contribution in [2.24, 2.45) is 0 Å². The van der Waals surface area contributed by atoms with Crippen molar-refractivity contribution < 1.29 is 4.74 Å². The Morgan fingerprint density at radius 1 is 0.328 bits per heavy atom. The minimum absolute atomic E-state index is 0.146. The van der Waals surface area contributed by atoms with E-state index < -0.39 is 5.41 Å². The highest BCUT2D eigenvalue weighted by molar-refractivity contribution is 5.90. The first-order valence-electron chi connectivity index (χ1n) is 21.5. The molecule has 0 saturated heterocycles. The van der Waals surface area contributed by atoms with E-state index in [9.17, 15) is 0 Å². The van der Waals surface area contributed by atoms with Crippen molar-refractivity contribution >= 4 is 27.8 Å². The van der Waals surface area contributed by atoms with Gasteiger partial charge in [-0.25, -0.2) is 0 Å². The maximum atomic E-state index is 6.87. The Morgan fingerprint density at radius 3 is 1.46 bits per heavy atom. The number of para-hydroxylation sites is 1. The van der Waals surface area contributed by atoms with Gasteiger partial charge in [-0.1, -0.05) is 173 Å². The summed E-state index contributed by atoms with van der Waals surface area (Å²) in [7, 11) is 0. The fraction of sp³-hybridized carbons (Fsp3) is 0.119. The summed E-state index contributed by atoms with van der Waals surface area (Å²) in [6, 6.07) is 74.2. The van der Waals surface area contributed by atoms with Crippen LogP contribution in [0.4, 0.5) is 17.1 Å². The standard InChI is InChI=1S/C59H45NO/c1-57(2)49-25-12-10-23-45(49)47-31-29-43(36-52(47)57)60(44-30-32-48-46-24-11-13-26-50(46)58(3,4)53(48)37-44)42-22-16-21-41(35-42)59(40-19-6-5-7-20-40)51-27-14-15-28-55(51)61-56-34-39-18-9-8-17-38(39)33-54(56)59/h5-37H,1-4H3. The quantitative estimate of drug-likeness (QED) is 0.172. The molecule has 0 fully saturated rings. The van der Waals surface area contributed by atoms with E-state index in [4.69, 9.17) is 4.74 Å². The summed E-state index contributed by atoms with van der Waals surface area (Å²) in [5, 5.41) is 2.34. The van der Waals surface area contributed by atoms with E-state index in [1.807, 2.05) is 0 Å². The molecule has 0 N–H and O–H groups in total. The van der Waals surface area contributed by atoms with Crippen molar-refractivity contribution in [2.45, 2.75) is 43.9 Å². The van der Waals surface area contributed by atoms with Gasteiger partial charge < -0.3 is 9.64 Å². The lowest BCUT2D eigenvalue weighted by Crippen LogP contribution is -2.34. The first-order chi connectivity index (χ1) is 29.7. The summed E-state index contributed by atoms with van der Waals surface area (Å²) in [5.41, 5.74) is 17.8. The van der Waals surface area contributed by atoms with E-state index in [0.29, 0.717) is 0 Å². The third-order valence-corrected chi connectivity index (χ3v) is 14.2. The van der Waals surface area contributed by atoms with Crippen molar-refractivity contribution in [1.82, 2.24) is 0 Å². The topological polar surface area (TPSA) is 12.5 Å². The molecule has 292 valence electrons. The Balaban J connectivity index is 1.12. The largest absolute Gasteiger partial charge is 0.457 e. The molecular weight excluding hydrogens is 739 g/mol. The third-order valence-electron chi connectivity index (χ3n) is 14.2. The molecule has 9 aromatic carbocycles. The zero-order chi connectivity index (χ0) is 41.1. The van der Waals surface area contributed by atoms with Crippen LogP contribution in [-0.2, 0) is 16.2 Å². The summed E-state index contributed by atoms with van der Waals surface area (Å²) in [6.45, 7) is 9.48. The monoisotopic (exact) mass is 783 g/mol. The molecule has 1 atom stereocenters. The molecule has 9 aromatic rings. The van der Waals surface area contributed by atoms with Gasteiger partial charge in [-0.2, -0.15) is 0 Å². The second kappa shape index (κ2) is 12.9. The van der Waals surface area contributed by atoms with E-state index in [1.54, 1.807) is 0 Å². The van der Waals surface area contributed by atoms with Crippen LogP contribution in [0.2, 0.25) is 0 Å². The van der Waals surface area contributed by atoms with E-state index in [2.05, 4.69) is 233 Å². The number of benzene rings is 9. The van der Waals surface area contributed by atoms with Crippen molar-refractivity contribution in [3.63, 3.8) is 0 Å². The summed E-state index contributed by atoms with van der Waals surface area (Å²) in [6.07, 6.45) is 0. The molecule has 2 aliphatic carbocycles. The zero-order valence-electron chi connectivity index (χ0n) is 34.9. The Labute approximate surface area is 358 Å². The van der Waals surface area contributed by atoms with Crippen LogP contribution >= 0.6 is 0 Å². The smallest absolute Gasteiger partial charge is 0.132 e. The van der Waals surface area contributed by atoms with Crippen LogP contribution in [-0.4, -0.2) is 0 Å². The Hall–Kier alpha value is -7.16. The van der Waals surface area contributed by atoms with Gasteiger partial charge in [0.25, 0.3) is 0 Å². The predicted molar refractivity (Wildman–Crippen MR) is 252 cm³/mol. The average molecular weight is 784 g/mol. The van der Waals surface area contributed by atoms with Crippen molar-refractivity contribution in [1.29, 1.82) is 0 Å². The normalized spacial score (nSPS) is 17.0. The highest BCUT2D eigenvalue weighted by atomic mass is 16.5. The lowest BCUT2D eigenvalue weighted by Gasteiger charge is -2.42. The van der Waals surface area contributed by atoms with E-state index in [-0.39, 0.29) is 10.8 Å². The van der Waals surface area contributed by atoms with E-state index in [0.717, 1.165) is 45.1 Å². The van der Waals surface area contributed by atoms with Crippen LogP contribution in [0.25, 0.3) is 33.0 Å². The number of rotatable bonds is 5. The van der Waals surface area contributed by atoms with Gasteiger partial charge in [-0.05, 0) is 121 Å². The van der Waals surface area contributed by atoms with Crippen LogP contribution in [0.5, 0.6) is 11.5 Å². The third kappa shape index (κ3) is 5.03. The van der Waals surface area contributed by atoms with Gasteiger partial charge in [0.2, 0.25) is 0 Å². The van der Waals surface area contributed by atoms with Crippen LogP contribution < -0.4 is 9.64 Å². The minimum atomic E-state index is -0.680. The summed E-state index contributed by atoms with van der Waals surface area (Å²) >= 11 is 0.